The summed E-state index contributed by atoms with van der Waals surface area (Å²) in [5.41, 5.74) is 1.94. The monoisotopic (exact) mass is 298 g/mol. The summed E-state index contributed by atoms with van der Waals surface area (Å²) < 4.78 is 5.14. The van der Waals surface area contributed by atoms with Crippen LogP contribution < -0.4 is 9.64 Å². The van der Waals surface area contributed by atoms with Gasteiger partial charge >= 0.3 is 6.03 Å². The Bertz CT molecular complexity index is 611. The average Bonchev–Trinajstić information content (AvgIpc) is 2.60. The van der Waals surface area contributed by atoms with E-state index in [1.807, 2.05) is 68.6 Å². The number of anilines is 1. The molecule has 0 saturated heterocycles. The molecule has 0 fully saturated rings. The van der Waals surface area contributed by atoms with E-state index >= 15 is 0 Å². The molecule has 22 heavy (non-hydrogen) atoms. The molecule has 2 aromatic rings. The highest BCUT2D eigenvalue weighted by Crippen LogP contribution is 2.23. The number of amides is 2. The summed E-state index contributed by atoms with van der Waals surface area (Å²) in [5.74, 6) is 0.774. The number of hydrogen-bond acceptors (Lipinski definition) is 2. The van der Waals surface area contributed by atoms with E-state index in [4.69, 9.17) is 4.74 Å². The van der Waals surface area contributed by atoms with Crippen LogP contribution in [0.15, 0.2) is 54.6 Å². The molecule has 0 aliphatic carbocycles. The summed E-state index contributed by atoms with van der Waals surface area (Å²) in [6.07, 6.45) is 0. The third kappa shape index (κ3) is 3.39. The molecule has 0 N–H and O–H groups in total. The van der Waals surface area contributed by atoms with Gasteiger partial charge in [0.1, 0.15) is 5.75 Å². The standard InChI is InChI=1S/C18H22N2O2/c1-14(15-8-6-5-7-9-15)19(2)18(21)20(3)16-10-12-17(22-4)13-11-16/h5-14H,1-4H3/t14-/m1/s1. The molecule has 0 aliphatic rings. The maximum atomic E-state index is 12.6. The molecule has 4 nitrogen and oxygen atoms in total. The first-order valence-electron chi connectivity index (χ1n) is 7.24. The number of urea groups is 1. The zero-order chi connectivity index (χ0) is 16.1. The number of ether oxygens (including phenoxy) is 1. The number of hydrogen-bond donors (Lipinski definition) is 0. The van der Waals surface area contributed by atoms with Gasteiger partial charge in [-0.3, -0.25) is 4.90 Å². The van der Waals surface area contributed by atoms with Crippen LogP contribution in [-0.4, -0.2) is 32.1 Å². The Morgan fingerprint density at radius 2 is 1.59 bits per heavy atom. The lowest BCUT2D eigenvalue weighted by Gasteiger charge is -2.30. The van der Waals surface area contributed by atoms with Crippen LogP contribution >= 0.6 is 0 Å². The number of methoxy groups -OCH3 is 1. The lowest BCUT2D eigenvalue weighted by atomic mass is 10.1. The fourth-order valence-electron chi connectivity index (χ4n) is 2.27. The lowest BCUT2D eigenvalue weighted by Crippen LogP contribution is -2.40. The summed E-state index contributed by atoms with van der Waals surface area (Å²) in [6, 6.07) is 17.4. The van der Waals surface area contributed by atoms with E-state index < -0.39 is 0 Å². The van der Waals surface area contributed by atoms with Crippen LogP contribution in [0.1, 0.15) is 18.5 Å². The Balaban J connectivity index is 2.11. The normalized spacial score (nSPS) is 11.6. The zero-order valence-corrected chi connectivity index (χ0v) is 13.5. The maximum absolute atomic E-state index is 12.6. The molecule has 116 valence electrons. The predicted molar refractivity (Wildman–Crippen MR) is 89.4 cm³/mol. The van der Waals surface area contributed by atoms with Crippen LogP contribution in [-0.2, 0) is 0 Å². The van der Waals surface area contributed by atoms with Gasteiger partial charge in [-0.2, -0.15) is 0 Å². The lowest BCUT2D eigenvalue weighted by molar-refractivity contribution is 0.202. The Hall–Kier alpha value is -2.49. The van der Waals surface area contributed by atoms with Crippen molar-refractivity contribution >= 4 is 11.7 Å². The summed E-state index contributed by atoms with van der Waals surface area (Å²) >= 11 is 0. The van der Waals surface area contributed by atoms with Gasteiger partial charge in [-0.15, -0.1) is 0 Å². The molecule has 2 amide bonds. The van der Waals surface area contributed by atoms with E-state index in [2.05, 4.69) is 0 Å². The second kappa shape index (κ2) is 6.98. The van der Waals surface area contributed by atoms with Gasteiger partial charge in [-0.1, -0.05) is 30.3 Å². The second-order valence-electron chi connectivity index (χ2n) is 5.24. The van der Waals surface area contributed by atoms with Crippen molar-refractivity contribution < 1.29 is 9.53 Å². The molecular formula is C18H22N2O2. The largest absolute Gasteiger partial charge is 0.497 e. The minimum Gasteiger partial charge on any atom is -0.497 e. The van der Waals surface area contributed by atoms with E-state index in [1.54, 1.807) is 24.0 Å². The van der Waals surface area contributed by atoms with Crippen molar-refractivity contribution in [2.75, 3.05) is 26.1 Å². The molecule has 0 saturated carbocycles. The fraction of sp³-hybridized carbons (Fsp3) is 0.278. The molecule has 2 rings (SSSR count). The Morgan fingerprint density at radius 1 is 1.00 bits per heavy atom. The van der Waals surface area contributed by atoms with Crippen molar-refractivity contribution in [2.45, 2.75) is 13.0 Å². The van der Waals surface area contributed by atoms with Gasteiger partial charge in [0.15, 0.2) is 0 Å². The van der Waals surface area contributed by atoms with Crippen molar-refractivity contribution in [3.05, 3.63) is 60.2 Å². The third-order valence-electron chi connectivity index (χ3n) is 3.91. The van der Waals surface area contributed by atoms with Crippen LogP contribution in [0.4, 0.5) is 10.5 Å². The smallest absolute Gasteiger partial charge is 0.324 e. The highest BCUT2D eigenvalue weighted by atomic mass is 16.5. The average molecular weight is 298 g/mol. The van der Waals surface area contributed by atoms with Crippen LogP contribution in [0.5, 0.6) is 5.75 Å². The van der Waals surface area contributed by atoms with Crippen LogP contribution in [0, 0.1) is 0 Å². The molecule has 0 aromatic heterocycles. The molecule has 0 unspecified atom stereocenters. The Morgan fingerprint density at radius 3 is 2.14 bits per heavy atom. The topological polar surface area (TPSA) is 32.8 Å². The maximum Gasteiger partial charge on any atom is 0.324 e. The van der Waals surface area contributed by atoms with Gasteiger partial charge in [0.05, 0.1) is 13.2 Å². The molecule has 4 heteroatoms. The van der Waals surface area contributed by atoms with Gasteiger partial charge in [0.2, 0.25) is 0 Å². The van der Waals surface area contributed by atoms with E-state index in [0.29, 0.717) is 0 Å². The van der Waals surface area contributed by atoms with E-state index in [9.17, 15) is 4.79 Å². The SMILES string of the molecule is COc1ccc(N(C)C(=O)N(C)[C@H](C)c2ccccc2)cc1. The highest BCUT2D eigenvalue weighted by Gasteiger charge is 2.21. The quantitative estimate of drug-likeness (QED) is 0.856. The molecule has 0 radical (unpaired) electrons. The van der Waals surface area contributed by atoms with Crippen LogP contribution in [0.3, 0.4) is 0 Å². The van der Waals surface area contributed by atoms with E-state index in [-0.39, 0.29) is 12.1 Å². The second-order valence-corrected chi connectivity index (χ2v) is 5.24. The first-order valence-corrected chi connectivity index (χ1v) is 7.24. The van der Waals surface area contributed by atoms with Gasteiger partial charge in [0, 0.05) is 19.8 Å². The molecule has 1 atom stereocenters. The minimum absolute atomic E-state index is 0.00870. The fourth-order valence-corrected chi connectivity index (χ4v) is 2.27. The Kier molecular flexibility index (Phi) is 5.04. The number of benzene rings is 2. The first-order chi connectivity index (χ1) is 10.5. The minimum atomic E-state index is -0.0541. The molecule has 0 heterocycles. The molecule has 2 aromatic carbocycles. The highest BCUT2D eigenvalue weighted by molar-refractivity contribution is 5.91. The number of carbonyl (C=O) groups is 1. The molecule has 0 bridgehead atoms. The van der Waals surface area contributed by atoms with Crippen LogP contribution in [0.25, 0.3) is 0 Å². The number of nitrogens with zero attached hydrogens (tertiary/aromatic N) is 2. The summed E-state index contributed by atoms with van der Waals surface area (Å²) in [5, 5.41) is 0. The Labute approximate surface area is 131 Å². The predicted octanol–water partition coefficient (Wildman–Crippen LogP) is 3.94. The van der Waals surface area contributed by atoms with Gasteiger partial charge < -0.3 is 9.64 Å². The number of rotatable bonds is 4. The first kappa shape index (κ1) is 15.9. The van der Waals surface area contributed by atoms with Crippen molar-refractivity contribution in [3.8, 4) is 5.75 Å². The summed E-state index contributed by atoms with van der Waals surface area (Å²) in [4.78, 5) is 16.0. The van der Waals surface area contributed by atoms with Crippen molar-refractivity contribution in [2.24, 2.45) is 0 Å². The van der Waals surface area contributed by atoms with Gasteiger partial charge in [-0.25, -0.2) is 4.79 Å². The third-order valence-corrected chi connectivity index (χ3v) is 3.91. The number of carbonyl (C=O) groups excluding carboxylic acids is 1. The van der Waals surface area contributed by atoms with Crippen molar-refractivity contribution in [3.63, 3.8) is 0 Å². The van der Waals surface area contributed by atoms with Gasteiger partial charge in [0.25, 0.3) is 0 Å². The van der Waals surface area contributed by atoms with Crippen molar-refractivity contribution in [1.82, 2.24) is 4.90 Å². The van der Waals surface area contributed by atoms with Crippen molar-refractivity contribution in [1.29, 1.82) is 0 Å². The van der Waals surface area contributed by atoms with E-state index in [1.165, 1.54) is 0 Å². The van der Waals surface area contributed by atoms with Crippen LogP contribution in [0.2, 0.25) is 0 Å². The molecular weight excluding hydrogens is 276 g/mol. The van der Waals surface area contributed by atoms with E-state index in [0.717, 1.165) is 17.0 Å². The van der Waals surface area contributed by atoms with Gasteiger partial charge in [-0.05, 0) is 36.8 Å². The summed E-state index contributed by atoms with van der Waals surface area (Å²) in [6.45, 7) is 2.02. The zero-order valence-electron chi connectivity index (χ0n) is 13.5. The molecule has 0 spiro atoms. The summed E-state index contributed by atoms with van der Waals surface area (Å²) in [7, 11) is 5.22. The molecule has 0 aliphatic heterocycles.